The van der Waals surface area contributed by atoms with Gasteiger partial charge in [0, 0.05) is 12.3 Å². The van der Waals surface area contributed by atoms with Crippen LogP contribution in [0, 0.1) is 11.5 Å². The van der Waals surface area contributed by atoms with Gasteiger partial charge in [-0.1, -0.05) is 25.6 Å². The highest BCUT2D eigenvalue weighted by atomic mass is 28.3. The molecule has 2 rings (SSSR count). The second-order valence-electron chi connectivity index (χ2n) is 5.08. The molecule has 4 heteroatoms. The van der Waals surface area contributed by atoms with E-state index >= 15 is 0 Å². The van der Waals surface area contributed by atoms with E-state index in [-0.39, 0.29) is 0 Å². The van der Waals surface area contributed by atoms with E-state index in [1.165, 1.54) is 0 Å². The number of fused-ring (bicyclic) bond motifs is 1. The summed E-state index contributed by atoms with van der Waals surface area (Å²) in [5.41, 5.74) is 5.92. The van der Waals surface area contributed by atoms with Gasteiger partial charge in [-0.2, -0.15) is 0 Å². The van der Waals surface area contributed by atoms with Crippen LogP contribution in [0.3, 0.4) is 0 Å². The molecule has 0 fully saturated rings. The minimum atomic E-state index is -1.39. The van der Waals surface area contributed by atoms with Crippen molar-refractivity contribution in [3.05, 3.63) is 30.0 Å². The number of nitrogens with zero attached hydrogens (tertiary/aromatic N) is 2. The van der Waals surface area contributed by atoms with Crippen molar-refractivity contribution in [1.82, 2.24) is 9.97 Å². The van der Waals surface area contributed by atoms with Crippen molar-refractivity contribution in [2.45, 2.75) is 19.6 Å². The summed E-state index contributed by atoms with van der Waals surface area (Å²) in [5, 5.41) is 0. The van der Waals surface area contributed by atoms with E-state index in [0.29, 0.717) is 5.88 Å². The lowest BCUT2D eigenvalue weighted by atomic mass is 10.2. The monoisotopic (exact) mass is 256 g/mol. The molecule has 0 aliphatic rings. The van der Waals surface area contributed by atoms with Crippen LogP contribution < -0.4 is 4.74 Å². The molecule has 0 N–H and O–H groups in total. The van der Waals surface area contributed by atoms with E-state index in [4.69, 9.17) is 4.74 Å². The number of hydrogen-bond donors (Lipinski definition) is 0. The van der Waals surface area contributed by atoms with Crippen LogP contribution in [0.1, 0.15) is 5.56 Å². The predicted molar refractivity (Wildman–Crippen MR) is 76.3 cm³/mol. The standard InChI is InChI=1S/C14H16N2OSi/c1-17-13-6-5-12-14(16-13)11(7-9-15-12)8-10-18(2,3)4/h5-7,9H,1-4H3. The number of aromatic nitrogens is 2. The van der Waals surface area contributed by atoms with Crippen molar-refractivity contribution in [1.29, 1.82) is 0 Å². The molecule has 0 aliphatic carbocycles. The first-order chi connectivity index (χ1) is 8.49. The van der Waals surface area contributed by atoms with Gasteiger partial charge in [0.25, 0.3) is 0 Å². The lowest BCUT2D eigenvalue weighted by Crippen LogP contribution is -2.16. The van der Waals surface area contributed by atoms with Crippen molar-refractivity contribution in [3.63, 3.8) is 0 Å². The van der Waals surface area contributed by atoms with Gasteiger partial charge in [-0.05, 0) is 12.1 Å². The van der Waals surface area contributed by atoms with E-state index in [2.05, 4.69) is 41.1 Å². The van der Waals surface area contributed by atoms with Gasteiger partial charge in [-0.3, -0.25) is 4.98 Å². The molecule has 0 radical (unpaired) electrons. The fourth-order valence-electron chi connectivity index (χ4n) is 1.48. The highest BCUT2D eigenvalue weighted by molar-refractivity contribution is 6.83. The Morgan fingerprint density at radius 1 is 1.17 bits per heavy atom. The number of methoxy groups -OCH3 is 1. The van der Waals surface area contributed by atoms with Gasteiger partial charge in [0.1, 0.15) is 13.6 Å². The maximum Gasteiger partial charge on any atom is 0.213 e. The summed E-state index contributed by atoms with van der Waals surface area (Å²) < 4.78 is 5.14. The average molecular weight is 256 g/mol. The van der Waals surface area contributed by atoms with Gasteiger partial charge in [0.2, 0.25) is 5.88 Å². The molecule has 3 nitrogen and oxygen atoms in total. The Hall–Kier alpha value is -1.86. The zero-order valence-electron chi connectivity index (χ0n) is 11.1. The molecule has 0 aliphatic heterocycles. The van der Waals surface area contributed by atoms with Crippen molar-refractivity contribution in [3.8, 4) is 17.3 Å². The van der Waals surface area contributed by atoms with Crippen LogP contribution in [0.2, 0.25) is 19.6 Å². The fraction of sp³-hybridized carbons (Fsp3) is 0.286. The third-order valence-electron chi connectivity index (χ3n) is 2.34. The molecule has 0 saturated heterocycles. The van der Waals surface area contributed by atoms with Crippen LogP contribution in [0.15, 0.2) is 24.4 Å². The third-order valence-corrected chi connectivity index (χ3v) is 3.21. The molecular formula is C14H16N2OSi. The predicted octanol–water partition coefficient (Wildman–Crippen LogP) is 2.87. The first-order valence-electron chi connectivity index (χ1n) is 5.82. The molecule has 0 aromatic carbocycles. The lowest BCUT2D eigenvalue weighted by molar-refractivity contribution is 0.399. The first kappa shape index (κ1) is 12.6. The molecular weight excluding hydrogens is 240 g/mol. The minimum absolute atomic E-state index is 0.589. The Morgan fingerprint density at radius 3 is 2.61 bits per heavy atom. The molecule has 2 heterocycles. The summed E-state index contributed by atoms with van der Waals surface area (Å²) in [5.74, 6) is 3.82. The Labute approximate surface area is 108 Å². The van der Waals surface area contributed by atoms with E-state index in [1.807, 2.05) is 18.2 Å². The molecule has 0 atom stereocenters. The zero-order valence-corrected chi connectivity index (χ0v) is 12.1. The van der Waals surface area contributed by atoms with Crippen LogP contribution in [-0.2, 0) is 0 Å². The van der Waals surface area contributed by atoms with Crippen molar-refractivity contribution in [2.75, 3.05) is 7.11 Å². The van der Waals surface area contributed by atoms with Gasteiger partial charge in [-0.15, -0.1) is 5.54 Å². The Morgan fingerprint density at radius 2 is 1.94 bits per heavy atom. The number of pyridine rings is 2. The Kier molecular flexibility index (Phi) is 3.35. The number of ether oxygens (including phenoxy) is 1. The normalized spacial score (nSPS) is 10.9. The van der Waals surface area contributed by atoms with Gasteiger partial charge in [0.05, 0.1) is 18.2 Å². The third kappa shape index (κ3) is 2.87. The van der Waals surface area contributed by atoms with Crippen LogP contribution in [0.25, 0.3) is 11.0 Å². The smallest absolute Gasteiger partial charge is 0.213 e. The number of hydrogen-bond acceptors (Lipinski definition) is 3. The Bertz CT molecular complexity index is 636. The first-order valence-corrected chi connectivity index (χ1v) is 9.32. The molecule has 0 unspecified atom stereocenters. The van der Waals surface area contributed by atoms with Crippen LogP contribution in [-0.4, -0.2) is 25.2 Å². The lowest BCUT2D eigenvalue weighted by Gasteiger charge is -2.05. The maximum absolute atomic E-state index is 5.14. The topological polar surface area (TPSA) is 35.0 Å². The molecule has 0 saturated carbocycles. The van der Waals surface area contributed by atoms with Crippen molar-refractivity contribution in [2.24, 2.45) is 0 Å². The highest BCUT2D eigenvalue weighted by Gasteiger charge is 2.08. The summed E-state index contributed by atoms with van der Waals surface area (Å²) in [6.45, 7) is 6.66. The second-order valence-corrected chi connectivity index (χ2v) is 9.83. The van der Waals surface area contributed by atoms with Gasteiger partial charge >= 0.3 is 0 Å². The Balaban J connectivity index is 2.59. The summed E-state index contributed by atoms with van der Waals surface area (Å²) >= 11 is 0. The molecule has 2 aromatic rings. The van der Waals surface area contributed by atoms with E-state index in [0.717, 1.165) is 16.6 Å². The van der Waals surface area contributed by atoms with Crippen molar-refractivity contribution < 1.29 is 4.74 Å². The van der Waals surface area contributed by atoms with Crippen LogP contribution in [0.4, 0.5) is 0 Å². The van der Waals surface area contributed by atoms with Crippen molar-refractivity contribution >= 4 is 19.1 Å². The largest absolute Gasteiger partial charge is 0.481 e. The summed E-state index contributed by atoms with van der Waals surface area (Å²) in [6, 6.07) is 5.62. The molecule has 0 spiro atoms. The fourth-order valence-corrected chi connectivity index (χ4v) is 1.99. The summed E-state index contributed by atoms with van der Waals surface area (Å²) in [7, 11) is 0.219. The minimum Gasteiger partial charge on any atom is -0.481 e. The van der Waals surface area contributed by atoms with E-state index < -0.39 is 8.07 Å². The molecule has 0 amide bonds. The zero-order chi connectivity index (χ0) is 13.2. The molecule has 92 valence electrons. The number of rotatable bonds is 1. The summed E-state index contributed by atoms with van der Waals surface area (Å²) in [6.07, 6.45) is 1.77. The average Bonchev–Trinajstić information content (AvgIpc) is 2.34. The SMILES string of the molecule is COc1ccc2nccc(C#C[Si](C)(C)C)c2n1. The maximum atomic E-state index is 5.14. The van der Waals surface area contributed by atoms with Gasteiger partial charge in [0.15, 0.2) is 0 Å². The van der Waals surface area contributed by atoms with E-state index in [1.54, 1.807) is 13.3 Å². The van der Waals surface area contributed by atoms with Gasteiger partial charge in [-0.25, -0.2) is 4.98 Å². The second kappa shape index (κ2) is 4.79. The molecule has 2 aromatic heterocycles. The highest BCUT2D eigenvalue weighted by Crippen LogP contribution is 2.17. The van der Waals surface area contributed by atoms with Crippen LogP contribution in [0.5, 0.6) is 5.88 Å². The summed E-state index contributed by atoms with van der Waals surface area (Å²) in [4.78, 5) is 8.71. The van der Waals surface area contributed by atoms with Gasteiger partial charge < -0.3 is 4.74 Å². The quantitative estimate of drug-likeness (QED) is 0.581. The molecule has 18 heavy (non-hydrogen) atoms. The van der Waals surface area contributed by atoms with E-state index in [9.17, 15) is 0 Å². The molecule has 0 bridgehead atoms. The van der Waals surface area contributed by atoms with Crippen LogP contribution >= 0.6 is 0 Å².